The normalized spacial score (nSPS) is 20.7. The minimum absolute atomic E-state index is 0.244. The molecule has 5 heteroatoms. The molecule has 0 N–H and O–H groups in total. The van der Waals surface area contributed by atoms with Crippen LogP contribution in [0.5, 0.6) is 0 Å². The van der Waals surface area contributed by atoms with E-state index in [1.54, 1.807) is 0 Å². The van der Waals surface area contributed by atoms with Crippen LogP contribution in [-0.2, 0) is 14.3 Å². The third-order valence-electron chi connectivity index (χ3n) is 3.39. The standard InChI is InChI=1S/C12H25NO3S/c1-12(2,3)13-8-5-11(6-9-13)7-10-16-17(4,14)15/h11H,5-10H2,1-4H3. The zero-order valence-electron chi connectivity index (χ0n) is 11.4. The van der Waals surface area contributed by atoms with E-state index in [1.807, 2.05) is 0 Å². The van der Waals surface area contributed by atoms with Gasteiger partial charge in [-0.05, 0) is 59.0 Å². The van der Waals surface area contributed by atoms with Crippen LogP contribution in [-0.4, -0.2) is 44.8 Å². The van der Waals surface area contributed by atoms with Gasteiger partial charge >= 0.3 is 0 Å². The van der Waals surface area contributed by atoms with Gasteiger partial charge in [-0.1, -0.05) is 0 Å². The summed E-state index contributed by atoms with van der Waals surface area (Å²) in [6.45, 7) is 9.25. The Morgan fingerprint density at radius 1 is 1.24 bits per heavy atom. The fourth-order valence-corrected chi connectivity index (χ4v) is 2.66. The number of nitrogens with zero attached hydrogens (tertiary/aromatic N) is 1. The average molecular weight is 263 g/mol. The molecular formula is C12H25NO3S. The largest absolute Gasteiger partial charge is 0.298 e. The van der Waals surface area contributed by atoms with Crippen molar-refractivity contribution in [3.63, 3.8) is 0 Å². The molecule has 0 unspecified atom stereocenters. The van der Waals surface area contributed by atoms with Gasteiger partial charge in [-0.25, -0.2) is 0 Å². The monoisotopic (exact) mass is 263 g/mol. The molecule has 0 atom stereocenters. The van der Waals surface area contributed by atoms with Crippen LogP contribution in [0.1, 0.15) is 40.0 Å². The zero-order chi connectivity index (χ0) is 13.1. The zero-order valence-corrected chi connectivity index (χ0v) is 12.2. The van der Waals surface area contributed by atoms with Crippen molar-refractivity contribution >= 4 is 10.1 Å². The topological polar surface area (TPSA) is 46.6 Å². The Morgan fingerprint density at radius 3 is 2.18 bits per heavy atom. The Morgan fingerprint density at radius 2 is 1.76 bits per heavy atom. The highest BCUT2D eigenvalue weighted by molar-refractivity contribution is 7.85. The first-order chi connectivity index (χ1) is 7.68. The molecule has 1 aliphatic heterocycles. The predicted octanol–water partition coefficient (Wildman–Crippen LogP) is 1.86. The molecule has 1 fully saturated rings. The molecule has 4 nitrogen and oxygen atoms in total. The summed E-state index contributed by atoms with van der Waals surface area (Å²) in [6, 6.07) is 0. The van der Waals surface area contributed by atoms with Crippen LogP contribution in [0.25, 0.3) is 0 Å². The SMILES string of the molecule is CC(C)(C)N1CCC(CCOS(C)(=O)=O)CC1. The molecule has 1 aliphatic rings. The summed E-state index contributed by atoms with van der Waals surface area (Å²) in [5.41, 5.74) is 0.244. The Labute approximate surface area is 105 Å². The molecule has 0 aromatic heterocycles. The number of hydrogen-bond donors (Lipinski definition) is 0. The second-order valence-corrected chi connectivity index (χ2v) is 7.56. The quantitative estimate of drug-likeness (QED) is 0.726. The minimum Gasteiger partial charge on any atom is -0.298 e. The Hall–Kier alpha value is -0.130. The first-order valence-corrected chi connectivity index (χ1v) is 8.09. The lowest BCUT2D eigenvalue weighted by molar-refractivity contribution is 0.0815. The van der Waals surface area contributed by atoms with Crippen molar-refractivity contribution < 1.29 is 12.6 Å². The highest BCUT2D eigenvalue weighted by Crippen LogP contribution is 2.25. The van der Waals surface area contributed by atoms with E-state index in [4.69, 9.17) is 4.18 Å². The van der Waals surface area contributed by atoms with Gasteiger partial charge in [-0.2, -0.15) is 8.42 Å². The van der Waals surface area contributed by atoms with E-state index in [0.717, 1.165) is 38.6 Å². The van der Waals surface area contributed by atoms with E-state index in [-0.39, 0.29) is 5.54 Å². The van der Waals surface area contributed by atoms with Crippen molar-refractivity contribution in [2.24, 2.45) is 5.92 Å². The van der Waals surface area contributed by atoms with Gasteiger partial charge in [0.25, 0.3) is 10.1 Å². The molecule has 0 radical (unpaired) electrons. The van der Waals surface area contributed by atoms with Crippen molar-refractivity contribution in [3.05, 3.63) is 0 Å². The Kier molecular flexibility index (Phi) is 4.98. The summed E-state index contributed by atoms with van der Waals surface area (Å²) in [5, 5.41) is 0. The van der Waals surface area contributed by atoms with Crippen LogP contribution >= 0.6 is 0 Å². The van der Waals surface area contributed by atoms with Gasteiger partial charge in [0.1, 0.15) is 0 Å². The summed E-state index contributed by atoms with van der Waals surface area (Å²) in [7, 11) is -3.27. The summed E-state index contributed by atoms with van der Waals surface area (Å²) in [6.07, 6.45) is 4.25. The second-order valence-electron chi connectivity index (χ2n) is 5.92. The van der Waals surface area contributed by atoms with Gasteiger partial charge in [0.05, 0.1) is 12.9 Å². The molecule has 17 heavy (non-hydrogen) atoms. The van der Waals surface area contributed by atoms with Gasteiger partial charge in [0.15, 0.2) is 0 Å². The molecule has 1 heterocycles. The van der Waals surface area contributed by atoms with Crippen LogP contribution in [0.15, 0.2) is 0 Å². The number of rotatable bonds is 4. The Bertz CT molecular complexity index is 324. The van der Waals surface area contributed by atoms with Crippen molar-refractivity contribution in [1.29, 1.82) is 0 Å². The molecule has 0 aromatic rings. The highest BCUT2D eigenvalue weighted by Gasteiger charge is 2.26. The van der Waals surface area contributed by atoms with E-state index in [2.05, 4.69) is 25.7 Å². The van der Waals surface area contributed by atoms with E-state index < -0.39 is 10.1 Å². The number of hydrogen-bond acceptors (Lipinski definition) is 4. The van der Waals surface area contributed by atoms with Gasteiger partial charge in [-0.3, -0.25) is 9.08 Å². The minimum atomic E-state index is -3.27. The van der Waals surface area contributed by atoms with Gasteiger partial charge < -0.3 is 0 Å². The van der Waals surface area contributed by atoms with Crippen molar-refractivity contribution in [2.75, 3.05) is 26.0 Å². The molecule has 1 saturated heterocycles. The molecule has 0 aliphatic carbocycles. The Balaban J connectivity index is 2.24. The summed E-state index contributed by atoms with van der Waals surface area (Å²) < 4.78 is 26.4. The van der Waals surface area contributed by atoms with E-state index in [1.165, 1.54) is 0 Å². The van der Waals surface area contributed by atoms with Crippen LogP contribution in [0.4, 0.5) is 0 Å². The van der Waals surface area contributed by atoms with Gasteiger partial charge in [0.2, 0.25) is 0 Å². The molecule has 0 saturated carbocycles. The van der Waals surface area contributed by atoms with Gasteiger partial charge in [0, 0.05) is 5.54 Å². The maximum absolute atomic E-state index is 10.8. The maximum atomic E-state index is 10.8. The lowest BCUT2D eigenvalue weighted by Crippen LogP contribution is -2.46. The van der Waals surface area contributed by atoms with Crippen molar-refractivity contribution in [2.45, 2.75) is 45.6 Å². The average Bonchev–Trinajstić information content (AvgIpc) is 2.15. The molecule has 0 spiro atoms. The number of likely N-dealkylation sites (tertiary alicyclic amines) is 1. The molecule has 102 valence electrons. The smallest absolute Gasteiger partial charge is 0.264 e. The van der Waals surface area contributed by atoms with Gasteiger partial charge in [-0.15, -0.1) is 0 Å². The molecule has 0 aromatic carbocycles. The van der Waals surface area contributed by atoms with E-state index >= 15 is 0 Å². The highest BCUT2D eigenvalue weighted by atomic mass is 32.2. The summed E-state index contributed by atoms with van der Waals surface area (Å²) in [5.74, 6) is 0.607. The van der Waals surface area contributed by atoms with E-state index in [0.29, 0.717) is 12.5 Å². The predicted molar refractivity (Wildman–Crippen MR) is 69.5 cm³/mol. The molecule has 0 amide bonds. The third kappa shape index (κ3) is 5.84. The molecule has 1 rings (SSSR count). The van der Waals surface area contributed by atoms with Crippen LogP contribution < -0.4 is 0 Å². The summed E-state index contributed by atoms with van der Waals surface area (Å²) >= 11 is 0. The fourth-order valence-electron chi connectivity index (χ4n) is 2.26. The molecule has 0 bridgehead atoms. The van der Waals surface area contributed by atoms with E-state index in [9.17, 15) is 8.42 Å². The fraction of sp³-hybridized carbons (Fsp3) is 1.00. The van der Waals surface area contributed by atoms with Crippen LogP contribution in [0, 0.1) is 5.92 Å². The van der Waals surface area contributed by atoms with Crippen LogP contribution in [0.2, 0.25) is 0 Å². The molecular weight excluding hydrogens is 238 g/mol. The maximum Gasteiger partial charge on any atom is 0.264 e. The lowest BCUT2D eigenvalue weighted by Gasteiger charge is -2.40. The van der Waals surface area contributed by atoms with Crippen LogP contribution in [0.3, 0.4) is 0 Å². The van der Waals surface area contributed by atoms with Crippen molar-refractivity contribution in [3.8, 4) is 0 Å². The lowest BCUT2D eigenvalue weighted by atomic mass is 9.91. The third-order valence-corrected chi connectivity index (χ3v) is 3.98. The summed E-state index contributed by atoms with van der Waals surface area (Å²) in [4.78, 5) is 2.49. The second kappa shape index (κ2) is 5.67. The number of piperidine rings is 1. The van der Waals surface area contributed by atoms with Crippen molar-refractivity contribution in [1.82, 2.24) is 4.90 Å². The first kappa shape index (κ1) is 14.9. The first-order valence-electron chi connectivity index (χ1n) is 6.28.